The van der Waals surface area contributed by atoms with E-state index in [0.717, 1.165) is 7.11 Å². The van der Waals surface area contributed by atoms with Gasteiger partial charge in [0.15, 0.2) is 0 Å². The minimum atomic E-state index is -5.02. The number of alkyl halides is 3. The highest BCUT2D eigenvalue weighted by atomic mass is 19.4. The molecule has 1 N–H and O–H groups in total. The maximum atomic E-state index is 14.0. The number of esters is 1. The lowest BCUT2D eigenvalue weighted by atomic mass is 9.91. The standard InChI is InChI=1S/C21H28F3NO5/c1-19(2,3)30-18(27)25-15-11-8-12-16(13-15)29-17(26)20(28-4,21(22,23)24)14-9-6-5-7-10-14/h5-7,9-10,15-16H,8,11-13H2,1-4H3,(H,25,27)/t15-,16+,20+/m1/s1. The molecule has 0 saturated heterocycles. The van der Waals surface area contributed by atoms with Gasteiger partial charge in [-0.3, -0.25) is 0 Å². The van der Waals surface area contributed by atoms with E-state index in [4.69, 9.17) is 14.2 Å². The van der Waals surface area contributed by atoms with Crippen LogP contribution >= 0.6 is 0 Å². The Bertz CT molecular complexity index is 732. The summed E-state index contributed by atoms with van der Waals surface area (Å²) in [5.41, 5.74) is -4.26. The molecule has 0 unspecified atom stereocenters. The first-order chi connectivity index (χ1) is 13.9. The summed E-state index contributed by atoms with van der Waals surface area (Å²) < 4.78 is 57.1. The predicted octanol–water partition coefficient (Wildman–Crippen LogP) is 4.47. The SMILES string of the molecule is CO[C@](C(=O)O[C@H]1CCC[C@@H](NC(=O)OC(C)(C)C)C1)(c1ccccc1)C(F)(F)F. The molecule has 1 aromatic carbocycles. The van der Waals surface area contributed by atoms with Crippen molar-refractivity contribution in [1.29, 1.82) is 0 Å². The van der Waals surface area contributed by atoms with Crippen molar-refractivity contribution in [1.82, 2.24) is 5.32 Å². The van der Waals surface area contributed by atoms with E-state index in [1.807, 2.05) is 0 Å². The highest BCUT2D eigenvalue weighted by Gasteiger charge is 2.64. The summed E-state index contributed by atoms with van der Waals surface area (Å²) in [5, 5.41) is 2.69. The zero-order valence-corrected chi connectivity index (χ0v) is 17.5. The second-order valence-corrected chi connectivity index (χ2v) is 8.29. The number of benzene rings is 1. The number of ether oxygens (including phenoxy) is 3. The van der Waals surface area contributed by atoms with Gasteiger partial charge in [0.2, 0.25) is 0 Å². The quantitative estimate of drug-likeness (QED) is 0.697. The lowest BCUT2D eigenvalue weighted by Gasteiger charge is -2.36. The third-order valence-corrected chi connectivity index (χ3v) is 4.79. The van der Waals surface area contributed by atoms with Crippen molar-refractivity contribution in [3.8, 4) is 0 Å². The summed E-state index contributed by atoms with van der Waals surface area (Å²) in [4.78, 5) is 24.7. The van der Waals surface area contributed by atoms with Crippen molar-refractivity contribution < 1.29 is 37.0 Å². The van der Waals surface area contributed by atoms with Crippen LogP contribution in [0.3, 0.4) is 0 Å². The van der Waals surface area contributed by atoms with Gasteiger partial charge in [0, 0.05) is 25.1 Å². The van der Waals surface area contributed by atoms with Crippen LogP contribution < -0.4 is 5.32 Å². The van der Waals surface area contributed by atoms with E-state index in [2.05, 4.69) is 5.32 Å². The number of carbonyl (C=O) groups is 2. The Labute approximate surface area is 174 Å². The van der Waals surface area contributed by atoms with E-state index in [9.17, 15) is 22.8 Å². The Hall–Kier alpha value is -2.29. The first kappa shape index (κ1) is 24.0. The van der Waals surface area contributed by atoms with E-state index in [-0.39, 0.29) is 18.0 Å². The number of hydrogen-bond acceptors (Lipinski definition) is 5. The van der Waals surface area contributed by atoms with Crippen LogP contribution in [-0.4, -0.2) is 43.1 Å². The summed E-state index contributed by atoms with van der Waals surface area (Å²) in [6, 6.07) is 6.30. The molecule has 9 heteroatoms. The monoisotopic (exact) mass is 431 g/mol. The maximum absolute atomic E-state index is 14.0. The molecular weight excluding hydrogens is 403 g/mol. The van der Waals surface area contributed by atoms with Crippen molar-refractivity contribution in [3.63, 3.8) is 0 Å². The smallest absolute Gasteiger partial charge is 0.432 e. The molecule has 168 valence electrons. The maximum Gasteiger partial charge on any atom is 0.432 e. The van der Waals surface area contributed by atoms with E-state index >= 15 is 0 Å². The number of nitrogens with one attached hydrogen (secondary N) is 1. The van der Waals surface area contributed by atoms with Crippen molar-refractivity contribution in [3.05, 3.63) is 35.9 Å². The molecule has 0 aromatic heterocycles. The van der Waals surface area contributed by atoms with Gasteiger partial charge in [0.25, 0.3) is 5.60 Å². The lowest BCUT2D eigenvalue weighted by molar-refractivity contribution is -0.278. The zero-order chi connectivity index (χ0) is 22.6. The van der Waals surface area contributed by atoms with Gasteiger partial charge in [-0.05, 0) is 40.0 Å². The Morgan fingerprint density at radius 3 is 2.23 bits per heavy atom. The molecule has 1 aliphatic carbocycles. The molecule has 0 radical (unpaired) electrons. The first-order valence-corrected chi connectivity index (χ1v) is 9.77. The molecule has 1 fully saturated rings. The Morgan fingerprint density at radius 1 is 1.07 bits per heavy atom. The molecule has 1 amide bonds. The van der Waals surface area contributed by atoms with Crippen molar-refractivity contribution in [2.24, 2.45) is 0 Å². The summed E-state index contributed by atoms with van der Waals surface area (Å²) in [6.07, 6.45) is -4.65. The normalized spacial score (nSPS) is 22.0. The predicted molar refractivity (Wildman–Crippen MR) is 103 cm³/mol. The molecule has 0 heterocycles. The van der Waals surface area contributed by atoms with Crippen LogP contribution in [0.2, 0.25) is 0 Å². The van der Waals surface area contributed by atoms with E-state index in [1.54, 1.807) is 26.8 Å². The highest BCUT2D eigenvalue weighted by Crippen LogP contribution is 2.43. The topological polar surface area (TPSA) is 73.9 Å². The largest absolute Gasteiger partial charge is 0.460 e. The van der Waals surface area contributed by atoms with Crippen molar-refractivity contribution >= 4 is 12.1 Å². The average Bonchev–Trinajstić information content (AvgIpc) is 2.61. The third-order valence-electron chi connectivity index (χ3n) is 4.79. The average molecular weight is 431 g/mol. The second kappa shape index (κ2) is 9.24. The number of alkyl carbamates (subject to hydrolysis) is 1. The number of carbonyl (C=O) groups excluding carboxylic acids is 2. The molecule has 0 aliphatic heterocycles. The molecule has 3 atom stereocenters. The van der Waals surface area contributed by atoms with Gasteiger partial charge in [0.1, 0.15) is 11.7 Å². The van der Waals surface area contributed by atoms with E-state index < -0.39 is 35.5 Å². The van der Waals surface area contributed by atoms with Gasteiger partial charge < -0.3 is 19.5 Å². The lowest BCUT2D eigenvalue weighted by Crippen LogP contribution is -2.53. The van der Waals surface area contributed by atoms with Gasteiger partial charge >= 0.3 is 18.2 Å². The van der Waals surface area contributed by atoms with Crippen molar-refractivity contribution in [2.45, 2.75) is 76.0 Å². The number of amides is 1. The fourth-order valence-electron chi connectivity index (χ4n) is 3.48. The Morgan fingerprint density at radius 2 is 1.70 bits per heavy atom. The van der Waals surface area contributed by atoms with Gasteiger partial charge in [-0.1, -0.05) is 30.3 Å². The molecule has 1 aromatic rings. The minimum Gasteiger partial charge on any atom is -0.460 e. The van der Waals surface area contributed by atoms with Crippen LogP contribution in [0.1, 0.15) is 52.0 Å². The third kappa shape index (κ3) is 5.65. The van der Waals surface area contributed by atoms with Crippen LogP contribution in [-0.2, 0) is 24.6 Å². The van der Waals surface area contributed by atoms with Gasteiger partial charge in [0.05, 0.1) is 0 Å². The fourth-order valence-corrected chi connectivity index (χ4v) is 3.48. The van der Waals surface area contributed by atoms with Crippen LogP contribution in [0.4, 0.5) is 18.0 Å². The number of halogens is 3. The molecule has 1 saturated carbocycles. The highest BCUT2D eigenvalue weighted by molar-refractivity contribution is 5.82. The zero-order valence-electron chi connectivity index (χ0n) is 17.5. The van der Waals surface area contributed by atoms with Crippen LogP contribution in [0.5, 0.6) is 0 Å². The molecule has 6 nitrogen and oxygen atoms in total. The Kier molecular flexibility index (Phi) is 7.39. The van der Waals surface area contributed by atoms with Gasteiger partial charge in [-0.15, -0.1) is 0 Å². The Balaban J connectivity index is 2.13. The number of rotatable bonds is 5. The summed E-state index contributed by atoms with van der Waals surface area (Å²) in [6.45, 7) is 5.18. The van der Waals surface area contributed by atoms with Crippen molar-refractivity contribution in [2.75, 3.05) is 7.11 Å². The van der Waals surface area contributed by atoms with Gasteiger partial charge in [-0.2, -0.15) is 13.2 Å². The molecular formula is C21H28F3NO5. The summed E-state index contributed by atoms with van der Waals surface area (Å²) in [7, 11) is 0.829. The van der Waals surface area contributed by atoms with Crippen LogP contribution in [0, 0.1) is 0 Å². The van der Waals surface area contributed by atoms with Crippen LogP contribution in [0.15, 0.2) is 30.3 Å². The fraction of sp³-hybridized carbons (Fsp3) is 0.619. The summed E-state index contributed by atoms with van der Waals surface area (Å²) in [5.74, 6) is -1.52. The van der Waals surface area contributed by atoms with Gasteiger partial charge in [-0.25, -0.2) is 9.59 Å². The minimum absolute atomic E-state index is 0.192. The second-order valence-electron chi connectivity index (χ2n) is 8.29. The first-order valence-electron chi connectivity index (χ1n) is 9.77. The van der Waals surface area contributed by atoms with E-state index in [1.165, 1.54) is 24.3 Å². The molecule has 0 spiro atoms. The molecule has 0 bridgehead atoms. The molecule has 1 aliphatic rings. The molecule has 2 rings (SSSR count). The number of hydrogen-bond donors (Lipinski definition) is 1. The number of methoxy groups -OCH3 is 1. The summed E-state index contributed by atoms with van der Waals surface area (Å²) >= 11 is 0. The van der Waals surface area contributed by atoms with E-state index in [0.29, 0.717) is 19.3 Å². The van der Waals surface area contributed by atoms with Crippen LogP contribution in [0.25, 0.3) is 0 Å². The molecule has 30 heavy (non-hydrogen) atoms.